The van der Waals surface area contributed by atoms with Gasteiger partial charge in [0, 0.05) is 25.3 Å². The van der Waals surface area contributed by atoms with Crippen LogP contribution in [0.25, 0.3) is 0 Å². The number of aromatic nitrogens is 1. The molecule has 6 nitrogen and oxygen atoms in total. The Kier molecular flexibility index (Phi) is 8.02. The second kappa shape index (κ2) is 11.2. The van der Waals surface area contributed by atoms with Crippen molar-refractivity contribution in [1.29, 1.82) is 0 Å². The van der Waals surface area contributed by atoms with Crippen molar-refractivity contribution in [2.45, 2.75) is 37.5 Å². The van der Waals surface area contributed by atoms with Gasteiger partial charge in [0.05, 0.1) is 14.2 Å². The van der Waals surface area contributed by atoms with Gasteiger partial charge in [0.25, 0.3) is 0 Å². The first-order chi connectivity index (χ1) is 17.8. The van der Waals surface area contributed by atoms with E-state index in [0.29, 0.717) is 43.0 Å². The van der Waals surface area contributed by atoms with E-state index >= 15 is 0 Å². The number of nitrogens with one attached hydrogen (secondary N) is 1. The number of carbonyl (C=O) groups is 1. The van der Waals surface area contributed by atoms with Crippen LogP contribution in [0.1, 0.15) is 46.6 Å². The molecule has 4 rings (SSSR count). The minimum atomic E-state index is -4.51. The summed E-state index contributed by atoms with van der Waals surface area (Å²) >= 11 is 0. The van der Waals surface area contributed by atoms with Crippen molar-refractivity contribution in [3.05, 3.63) is 88.7 Å². The molecule has 0 saturated carbocycles. The van der Waals surface area contributed by atoms with Crippen LogP contribution in [0.4, 0.5) is 13.2 Å². The fourth-order valence-electron chi connectivity index (χ4n) is 5.00. The molecule has 37 heavy (non-hydrogen) atoms. The zero-order valence-corrected chi connectivity index (χ0v) is 21.0. The molecule has 196 valence electrons. The molecule has 0 bridgehead atoms. The molecule has 1 amide bonds. The van der Waals surface area contributed by atoms with E-state index in [1.165, 1.54) is 6.07 Å². The van der Waals surface area contributed by atoms with Crippen molar-refractivity contribution < 1.29 is 27.4 Å². The molecular formula is C28H30F3N3O3. The Balaban J connectivity index is 1.76. The van der Waals surface area contributed by atoms with Gasteiger partial charge in [-0.1, -0.05) is 36.4 Å². The molecule has 0 fully saturated rings. The topological polar surface area (TPSA) is 63.7 Å². The van der Waals surface area contributed by atoms with Gasteiger partial charge in [-0.05, 0) is 60.2 Å². The molecule has 1 aliphatic rings. The number of hydrogen-bond acceptors (Lipinski definition) is 5. The van der Waals surface area contributed by atoms with Crippen LogP contribution in [-0.4, -0.2) is 43.6 Å². The molecule has 0 saturated heterocycles. The third-order valence-corrected chi connectivity index (χ3v) is 6.76. The summed E-state index contributed by atoms with van der Waals surface area (Å²) in [6.45, 7) is 0.580. The summed E-state index contributed by atoms with van der Waals surface area (Å²) in [7, 11) is 4.74. The van der Waals surface area contributed by atoms with Crippen LogP contribution in [0.5, 0.6) is 11.5 Å². The van der Waals surface area contributed by atoms with E-state index in [2.05, 4.69) is 15.2 Å². The predicted octanol–water partition coefficient (Wildman–Crippen LogP) is 5.14. The minimum Gasteiger partial charge on any atom is -0.493 e. The Bertz CT molecular complexity index is 1230. The van der Waals surface area contributed by atoms with Gasteiger partial charge in [0.1, 0.15) is 11.7 Å². The standard InChI is InChI=1S/C28H30F3N3O3/c1-32-27(35)26(18-8-5-4-6-9-18)34-15-14-19-16-23(36-2)24(37-3)17-21(19)22(34)13-12-20-10-7-11-25(33-20)28(29,30)31/h4-11,16-17,22,26H,12-15H2,1-3H3,(H,32,35)/t22-,26+/m0/s1. The average Bonchev–Trinajstić information content (AvgIpc) is 2.91. The molecule has 1 N–H and O–H groups in total. The highest BCUT2D eigenvalue weighted by molar-refractivity contribution is 5.83. The zero-order chi connectivity index (χ0) is 26.6. The Morgan fingerprint density at radius 3 is 2.43 bits per heavy atom. The van der Waals surface area contributed by atoms with Crippen LogP contribution in [0.2, 0.25) is 0 Å². The molecule has 3 aromatic rings. The summed E-state index contributed by atoms with van der Waals surface area (Å²) in [5.41, 5.74) is 2.29. The summed E-state index contributed by atoms with van der Waals surface area (Å²) in [5, 5.41) is 2.78. The fraction of sp³-hybridized carbons (Fsp3) is 0.357. The second-order valence-electron chi connectivity index (χ2n) is 8.89. The molecule has 0 spiro atoms. The number of carbonyl (C=O) groups excluding carboxylic acids is 1. The minimum absolute atomic E-state index is 0.155. The van der Waals surface area contributed by atoms with Crippen LogP contribution in [0, 0.1) is 0 Å². The normalized spacial score (nSPS) is 16.5. The average molecular weight is 514 g/mol. The van der Waals surface area contributed by atoms with Gasteiger partial charge in [-0.15, -0.1) is 0 Å². The summed E-state index contributed by atoms with van der Waals surface area (Å²) in [5.74, 6) is 1.01. The zero-order valence-electron chi connectivity index (χ0n) is 21.0. The number of alkyl halides is 3. The van der Waals surface area contributed by atoms with Crippen molar-refractivity contribution in [2.24, 2.45) is 0 Å². The maximum atomic E-state index is 13.3. The summed E-state index contributed by atoms with van der Waals surface area (Å²) < 4.78 is 50.8. The summed E-state index contributed by atoms with van der Waals surface area (Å²) in [6, 6.07) is 16.4. The maximum Gasteiger partial charge on any atom is 0.433 e. The van der Waals surface area contributed by atoms with Gasteiger partial charge in [-0.3, -0.25) is 9.69 Å². The van der Waals surface area contributed by atoms with E-state index in [1.54, 1.807) is 27.3 Å². The molecule has 2 atom stereocenters. The molecule has 2 heterocycles. The van der Waals surface area contributed by atoms with E-state index in [4.69, 9.17) is 9.47 Å². The van der Waals surface area contributed by atoms with Crippen LogP contribution < -0.4 is 14.8 Å². The number of nitrogens with zero attached hydrogens (tertiary/aromatic N) is 2. The molecule has 0 radical (unpaired) electrons. The van der Waals surface area contributed by atoms with Crippen LogP contribution in [0.3, 0.4) is 0 Å². The highest BCUT2D eigenvalue weighted by atomic mass is 19.4. The number of halogens is 3. The Morgan fingerprint density at radius 2 is 1.78 bits per heavy atom. The molecular weight excluding hydrogens is 483 g/mol. The lowest BCUT2D eigenvalue weighted by molar-refractivity contribution is -0.141. The Hall–Kier alpha value is -3.59. The molecule has 0 aliphatic carbocycles. The summed E-state index contributed by atoms with van der Waals surface area (Å²) in [6.07, 6.45) is -3.08. The number of hydrogen-bond donors (Lipinski definition) is 1. The van der Waals surface area contributed by atoms with Crippen LogP contribution in [0.15, 0.2) is 60.7 Å². The molecule has 1 aromatic heterocycles. The van der Waals surface area contributed by atoms with Gasteiger partial charge in [0.2, 0.25) is 5.91 Å². The van der Waals surface area contributed by atoms with Crippen molar-refractivity contribution in [3.8, 4) is 11.5 Å². The van der Waals surface area contributed by atoms with Gasteiger partial charge in [-0.25, -0.2) is 4.98 Å². The third kappa shape index (κ3) is 5.72. The number of amides is 1. The lowest BCUT2D eigenvalue weighted by atomic mass is 9.86. The highest BCUT2D eigenvalue weighted by Crippen LogP contribution is 2.43. The molecule has 2 aromatic carbocycles. The van der Waals surface area contributed by atoms with Crippen molar-refractivity contribution >= 4 is 5.91 Å². The predicted molar refractivity (Wildman–Crippen MR) is 134 cm³/mol. The number of methoxy groups -OCH3 is 2. The smallest absolute Gasteiger partial charge is 0.433 e. The van der Waals surface area contributed by atoms with Gasteiger partial charge < -0.3 is 14.8 Å². The van der Waals surface area contributed by atoms with E-state index in [0.717, 1.165) is 22.8 Å². The third-order valence-electron chi connectivity index (χ3n) is 6.76. The Morgan fingerprint density at radius 1 is 1.08 bits per heavy atom. The van der Waals surface area contributed by atoms with Crippen molar-refractivity contribution in [2.75, 3.05) is 27.8 Å². The van der Waals surface area contributed by atoms with Gasteiger partial charge in [-0.2, -0.15) is 13.2 Å². The van der Waals surface area contributed by atoms with E-state index in [-0.39, 0.29) is 11.9 Å². The number of benzene rings is 2. The second-order valence-corrected chi connectivity index (χ2v) is 8.89. The first-order valence-corrected chi connectivity index (χ1v) is 12.1. The Labute approximate surface area is 214 Å². The lowest BCUT2D eigenvalue weighted by Crippen LogP contribution is -2.44. The number of fused-ring (bicyclic) bond motifs is 1. The molecule has 9 heteroatoms. The molecule has 0 unspecified atom stereocenters. The monoisotopic (exact) mass is 513 g/mol. The van der Waals surface area contributed by atoms with Crippen LogP contribution in [-0.2, 0) is 23.8 Å². The number of aryl methyl sites for hydroxylation is 1. The lowest BCUT2D eigenvalue weighted by Gasteiger charge is -2.42. The fourth-order valence-corrected chi connectivity index (χ4v) is 5.00. The maximum absolute atomic E-state index is 13.3. The number of ether oxygens (including phenoxy) is 2. The largest absolute Gasteiger partial charge is 0.493 e. The van der Waals surface area contributed by atoms with E-state index < -0.39 is 17.9 Å². The first-order valence-electron chi connectivity index (χ1n) is 12.1. The van der Waals surface area contributed by atoms with E-state index in [1.807, 2.05) is 42.5 Å². The van der Waals surface area contributed by atoms with Gasteiger partial charge >= 0.3 is 6.18 Å². The van der Waals surface area contributed by atoms with E-state index in [9.17, 15) is 18.0 Å². The number of pyridine rings is 1. The first kappa shape index (κ1) is 26.5. The van der Waals surface area contributed by atoms with Crippen molar-refractivity contribution in [1.82, 2.24) is 15.2 Å². The summed E-state index contributed by atoms with van der Waals surface area (Å²) in [4.78, 5) is 19.2. The van der Waals surface area contributed by atoms with Crippen molar-refractivity contribution in [3.63, 3.8) is 0 Å². The quantitative estimate of drug-likeness (QED) is 0.452. The van der Waals surface area contributed by atoms with Crippen LogP contribution >= 0.6 is 0 Å². The number of rotatable bonds is 8. The highest BCUT2D eigenvalue weighted by Gasteiger charge is 2.37. The number of likely N-dealkylation sites (N-methyl/N-ethyl adjacent to an activating group) is 1. The SMILES string of the molecule is CNC(=O)[C@@H](c1ccccc1)N1CCc2cc(OC)c(OC)cc2[C@@H]1CCc1cccc(C(F)(F)F)n1. The molecule has 1 aliphatic heterocycles. The van der Waals surface area contributed by atoms with Gasteiger partial charge in [0.15, 0.2) is 11.5 Å².